The standard InChI is InChI=1S/C21H31F3N2O5.C17H24F3NO3.C2HF3O.C2H6/c1-19(2,3)17(28)30-16-13-8-11-7-12(26(13)18(29)31-20(4,5)6)15(16)25(10-11)14(27)9-21(22,23)24;1-16(2,3)15(23)24-14-11-5-9-4-10(6-11)13(14)21(8-9)12(22)7-17(18,19)20;3-2(4,5)1-6;1-2/h11-13,15-16H,7-10H2,1-6H3;9-11,13-14H,4-8H2,1-3H3;1H;1-2H3/t11?,12-,13+,15?,16+;9?,10-,11+,13?,14-;;/m10../s1/i;;;1D. The predicted octanol–water partition coefficient (Wildman–Crippen LogP) is 8.43. The highest BCUT2D eigenvalue weighted by Gasteiger charge is 2.64. The molecule has 6 aliphatic rings. The van der Waals surface area contributed by atoms with E-state index in [2.05, 4.69) is 0 Å². The van der Waals surface area contributed by atoms with Crippen molar-refractivity contribution in [1.29, 1.82) is 0 Å². The first-order chi connectivity index (χ1) is 28.9. The van der Waals surface area contributed by atoms with Gasteiger partial charge in [-0.1, -0.05) is 13.8 Å². The number of fused-ring (bicyclic) bond motifs is 4. The number of piperidine rings is 3. The fourth-order valence-corrected chi connectivity index (χ4v) is 9.42. The van der Waals surface area contributed by atoms with Gasteiger partial charge in [0.2, 0.25) is 18.1 Å². The van der Waals surface area contributed by atoms with Crippen molar-refractivity contribution in [3.63, 3.8) is 0 Å². The van der Waals surface area contributed by atoms with Gasteiger partial charge in [0.15, 0.2) is 0 Å². The highest BCUT2D eigenvalue weighted by molar-refractivity contribution is 5.80. The molecule has 4 unspecified atom stereocenters. The lowest BCUT2D eigenvalue weighted by Gasteiger charge is -2.46. The summed E-state index contributed by atoms with van der Waals surface area (Å²) in [5.74, 6) is -2.36. The van der Waals surface area contributed by atoms with E-state index in [-0.39, 0.29) is 36.2 Å². The fourth-order valence-electron chi connectivity index (χ4n) is 9.42. The molecule has 4 saturated heterocycles. The summed E-state index contributed by atoms with van der Waals surface area (Å²) in [5, 5.41) is 0. The minimum atomic E-state index is -4.64. The van der Waals surface area contributed by atoms with Crippen LogP contribution in [-0.4, -0.2) is 124 Å². The quantitative estimate of drug-likeness (QED) is 0.118. The van der Waals surface area contributed by atoms with E-state index in [0.717, 1.165) is 19.3 Å². The van der Waals surface area contributed by atoms with Gasteiger partial charge < -0.3 is 24.0 Å². The van der Waals surface area contributed by atoms with Gasteiger partial charge in [0.05, 0.1) is 35.0 Å². The second kappa shape index (κ2) is 19.3. The number of carbonyl (C=O) groups excluding carboxylic acids is 6. The lowest BCUT2D eigenvalue weighted by atomic mass is 9.78. The molecule has 0 N–H and O–H groups in total. The van der Waals surface area contributed by atoms with Gasteiger partial charge in [0.25, 0.3) is 0 Å². The molecule has 4 aliphatic heterocycles. The Kier molecular flexibility index (Phi) is 15.9. The van der Waals surface area contributed by atoms with E-state index < -0.39 is 114 Å². The number of likely N-dealkylation sites (tertiary alicyclic amines) is 2. The van der Waals surface area contributed by atoms with Crippen LogP contribution in [0.5, 0.6) is 0 Å². The summed E-state index contributed by atoms with van der Waals surface area (Å²) < 4.78 is 131. The molecule has 12 nitrogen and oxygen atoms in total. The Morgan fingerprint density at radius 3 is 1.43 bits per heavy atom. The van der Waals surface area contributed by atoms with Crippen LogP contribution < -0.4 is 0 Å². The van der Waals surface area contributed by atoms with Crippen LogP contribution in [-0.2, 0) is 38.2 Å². The van der Waals surface area contributed by atoms with Crippen LogP contribution >= 0.6 is 0 Å². The number of esters is 2. The molecular weight excluding hydrogens is 861 g/mol. The van der Waals surface area contributed by atoms with Crippen molar-refractivity contribution in [2.45, 2.75) is 182 Å². The van der Waals surface area contributed by atoms with Gasteiger partial charge in [-0.15, -0.1) is 0 Å². The molecule has 6 rings (SSSR count). The summed E-state index contributed by atoms with van der Waals surface area (Å²) in [5.41, 5.74) is -2.28. The Labute approximate surface area is 363 Å². The van der Waals surface area contributed by atoms with Crippen LogP contribution in [0.1, 0.15) is 122 Å². The van der Waals surface area contributed by atoms with Crippen molar-refractivity contribution >= 4 is 36.1 Å². The van der Waals surface area contributed by atoms with E-state index in [1.54, 1.807) is 69.2 Å². The molecule has 6 fully saturated rings. The van der Waals surface area contributed by atoms with E-state index in [1.165, 1.54) is 14.7 Å². The predicted molar refractivity (Wildman–Crippen MR) is 207 cm³/mol. The summed E-state index contributed by atoms with van der Waals surface area (Å²) in [6.45, 7) is 18.2. The van der Waals surface area contributed by atoms with Crippen molar-refractivity contribution in [3.8, 4) is 0 Å². The van der Waals surface area contributed by atoms with Crippen LogP contribution in [0.2, 0.25) is 0 Å². The normalized spacial score (nSPS) is 29.8. The first kappa shape index (κ1) is 51.8. The molecule has 2 aliphatic carbocycles. The summed E-state index contributed by atoms with van der Waals surface area (Å²) in [7, 11) is 0. The zero-order valence-electron chi connectivity index (χ0n) is 38.3. The topological polar surface area (TPSA) is 140 Å². The zero-order valence-corrected chi connectivity index (χ0v) is 37.3. The molecule has 6 bridgehead atoms. The maximum atomic E-state index is 13.0. The molecule has 21 heteroatoms. The minimum absolute atomic E-state index is 0.0690. The third-order valence-corrected chi connectivity index (χ3v) is 11.6. The second-order valence-electron chi connectivity index (χ2n) is 20.0. The zero-order chi connectivity index (χ0) is 49.3. The summed E-state index contributed by atoms with van der Waals surface area (Å²) >= 11 is 0. The molecular formula is C42H62F9N3O9. The molecule has 0 spiro atoms. The van der Waals surface area contributed by atoms with Crippen molar-refractivity contribution in [3.05, 3.63) is 0 Å². The summed E-state index contributed by atoms with van der Waals surface area (Å²) in [6, 6.07) is -2.31. The summed E-state index contributed by atoms with van der Waals surface area (Å²) in [4.78, 5) is 75.4. The highest BCUT2D eigenvalue weighted by Crippen LogP contribution is 2.53. The van der Waals surface area contributed by atoms with Crippen molar-refractivity contribution in [2.24, 2.45) is 34.5 Å². The average molecular weight is 925 g/mol. The van der Waals surface area contributed by atoms with Gasteiger partial charge in [-0.3, -0.25) is 28.9 Å². The van der Waals surface area contributed by atoms with Crippen LogP contribution in [0.3, 0.4) is 0 Å². The maximum Gasteiger partial charge on any atom is 0.446 e. The largest absolute Gasteiger partial charge is 0.459 e. The number of carbonyl (C=O) groups is 6. The number of aldehydes is 1. The SMILES string of the molecule is CC(C)(C)C(=O)O[C@@H]1C2[C@H]3CC(C[C@@H]1C3)CN2C(=O)CC(F)(F)F.CC(C)(C)OC(=O)N1[C@@H]2CC3C[C@H]1[C@H](OC(=O)C(C)(C)C)C2N(C(=O)CC(F)(F)F)C3.O=CC(F)(F)F.[2H]CC. The van der Waals surface area contributed by atoms with Crippen LogP contribution in [0, 0.1) is 34.5 Å². The Bertz CT molecular complexity index is 1690. The first-order valence-corrected chi connectivity index (χ1v) is 20.9. The summed E-state index contributed by atoms with van der Waals surface area (Å²) in [6.07, 6.45) is -16.3. The number of amides is 3. The molecule has 4 heterocycles. The van der Waals surface area contributed by atoms with Crippen molar-refractivity contribution < 1.29 is 83.9 Å². The number of hydrogen-bond donors (Lipinski definition) is 0. The lowest BCUT2D eigenvalue weighted by molar-refractivity contribution is -0.173. The van der Waals surface area contributed by atoms with E-state index >= 15 is 0 Å². The molecule has 0 radical (unpaired) electrons. The molecule has 362 valence electrons. The highest BCUT2D eigenvalue weighted by atomic mass is 19.4. The Balaban J connectivity index is 0.000000292. The van der Waals surface area contributed by atoms with Crippen molar-refractivity contribution in [2.75, 3.05) is 13.1 Å². The van der Waals surface area contributed by atoms with Crippen LogP contribution in [0.15, 0.2) is 0 Å². The van der Waals surface area contributed by atoms with Crippen LogP contribution in [0.4, 0.5) is 44.3 Å². The van der Waals surface area contributed by atoms with E-state index in [1.807, 2.05) is 0 Å². The molecule has 10 atom stereocenters. The van der Waals surface area contributed by atoms with Crippen molar-refractivity contribution in [1.82, 2.24) is 14.7 Å². The third-order valence-electron chi connectivity index (χ3n) is 11.6. The second-order valence-corrected chi connectivity index (χ2v) is 20.0. The number of alkyl halides is 9. The Morgan fingerprint density at radius 2 is 1.02 bits per heavy atom. The average Bonchev–Trinajstić information content (AvgIpc) is 3.33. The van der Waals surface area contributed by atoms with Gasteiger partial charge in [0.1, 0.15) is 30.7 Å². The molecule has 3 amide bonds. The monoisotopic (exact) mass is 924 g/mol. The van der Waals surface area contributed by atoms with E-state index in [9.17, 15) is 63.5 Å². The molecule has 0 aromatic heterocycles. The molecule has 2 saturated carbocycles. The lowest BCUT2D eigenvalue weighted by Crippen LogP contribution is -2.59. The molecule has 63 heavy (non-hydrogen) atoms. The smallest absolute Gasteiger partial charge is 0.446 e. The van der Waals surface area contributed by atoms with Gasteiger partial charge in [-0.25, -0.2) is 4.79 Å². The Morgan fingerprint density at radius 1 is 0.619 bits per heavy atom. The van der Waals surface area contributed by atoms with Gasteiger partial charge in [0, 0.05) is 14.5 Å². The molecule has 0 aromatic rings. The van der Waals surface area contributed by atoms with Crippen LogP contribution in [0.25, 0.3) is 0 Å². The maximum absolute atomic E-state index is 13.0. The minimum Gasteiger partial charge on any atom is -0.459 e. The first-order valence-electron chi connectivity index (χ1n) is 21.6. The van der Waals surface area contributed by atoms with E-state index in [0.29, 0.717) is 26.3 Å². The number of nitrogens with zero attached hydrogens (tertiary/aromatic N) is 3. The third kappa shape index (κ3) is 14.1. The number of ether oxygens (including phenoxy) is 3. The Hall–Kier alpha value is -3.81. The van der Waals surface area contributed by atoms with Gasteiger partial charge in [-0.2, -0.15) is 39.5 Å². The van der Waals surface area contributed by atoms with Gasteiger partial charge in [-0.05, 0) is 118 Å². The number of hydrogen-bond acceptors (Lipinski definition) is 9. The van der Waals surface area contributed by atoms with E-state index in [4.69, 9.17) is 20.4 Å². The van der Waals surface area contributed by atoms with Gasteiger partial charge >= 0.3 is 36.6 Å². The number of halogens is 9. The fraction of sp³-hybridized carbons (Fsp3) is 0.857. The molecule has 0 aromatic carbocycles. The number of rotatable bonds is 4.